The molecule has 1 aromatic carbocycles. The maximum Gasteiger partial charge on any atom is 0.0911 e. The Morgan fingerprint density at radius 3 is 3.00 bits per heavy atom. The van der Waals surface area contributed by atoms with Gasteiger partial charge in [0.2, 0.25) is 0 Å². The van der Waals surface area contributed by atoms with Crippen LogP contribution in [0.3, 0.4) is 0 Å². The lowest BCUT2D eigenvalue weighted by Crippen LogP contribution is -2.22. The monoisotopic (exact) mass is 262 g/mol. The average Bonchev–Trinajstić information content (AvgIpc) is 2.78. The van der Waals surface area contributed by atoms with Crippen molar-refractivity contribution in [3.63, 3.8) is 0 Å². The Hall–Kier alpha value is -2.27. The summed E-state index contributed by atoms with van der Waals surface area (Å²) in [4.78, 5) is 2.41. The number of benzene rings is 1. The predicted molar refractivity (Wildman–Crippen MR) is 82.4 cm³/mol. The number of para-hydroxylation sites is 1. The molecule has 0 spiro atoms. The van der Waals surface area contributed by atoms with E-state index in [2.05, 4.69) is 47.4 Å². The van der Waals surface area contributed by atoms with E-state index >= 15 is 0 Å². The molecule has 1 aliphatic carbocycles. The number of anilines is 1. The Morgan fingerprint density at radius 2 is 2.15 bits per heavy atom. The summed E-state index contributed by atoms with van der Waals surface area (Å²) in [5, 5.41) is 9.19. The van der Waals surface area contributed by atoms with Gasteiger partial charge in [-0.05, 0) is 30.5 Å². The highest BCUT2D eigenvalue weighted by Crippen LogP contribution is 2.29. The van der Waals surface area contributed by atoms with Crippen LogP contribution in [0.4, 0.5) is 5.69 Å². The lowest BCUT2D eigenvalue weighted by Gasteiger charge is -2.20. The number of rotatable bonds is 2. The molecule has 1 aliphatic heterocycles. The van der Waals surface area contributed by atoms with Crippen LogP contribution < -0.4 is 4.90 Å². The van der Waals surface area contributed by atoms with Gasteiger partial charge in [0.15, 0.2) is 0 Å². The van der Waals surface area contributed by atoms with Crippen molar-refractivity contribution in [2.24, 2.45) is 5.41 Å². The molecule has 0 N–H and O–H groups in total. The summed E-state index contributed by atoms with van der Waals surface area (Å²) in [7, 11) is 0. The molecule has 3 rings (SSSR count). The molecule has 0 saturated carbocycles. The van der Waals surface area contributed by atoms with Gasteiger partial charge in [-0.2, -0.15) is 5.26 Å². The molecule has 0 amide bonds. The highest BCUT2D eigenvalue weighted by Gasteiger charge is 2.20. The second kappa shape index (κ2) is 5.02. The fraction of sp³-hybridized carbons (Fsp3) is 0.278. The zero-order valence-corrected chi connectivity index (χ0v) is 11.7. The first-order valence-corrected chi connectivity index (χ1v) is 7.02. The summed E-state index contributed by atoms with van der Waals surface area (Å²) < 4.78 is 0. The van der Waals surface area contributed by atoms with Gasteiger partial charge in [-0.1, -0.05) is 48.6 Å². The minimum atomic E-state index is -0.485. The molecule has 1 atom stereocenters. The number of fused-ring (bicyclic) bond motifs is 1. The van der Waals surface area contributed by atoms with Gasteiger partial charge in [0, 0.05) is 18.8 Å². The smallest absolute Gasteiger partial charge is 0.0911 e. The summed E-state index contributed by atoms with van der Waals surface area (Å²) in [6.45, 7) is 3.91. The van der Waals surface area contributed by atoms with Gasteiger partial charge in [0.25, 0.3) is 0 Å². The van der Waals surface area contributed by atoms with Crippen LogP contribution in [0.15, 0.2) is 60.2 Å². The summed E-state index contributed by atoms with van der Waals surface area (Å²) in [5.74, 6) is 0. The zero-order chi connectivity index (χ0) is 14.0. The molecule has 0 saturated heterocycles. The standard InChI is InChI=1S/C18H18N2/c1-18(14-19)10-4-5-15(8-11-18)13-20-12-9-16-6-2-3-7-17(16)20/h2-8,10-11H,9,12-13H2,1H3. The number of hydrogen-bond acceptors (Lipinski definition) is 2. The molecule has 1 heterocycles. The molecule has 0 fully saturated rings. The third-order valence-electron chi connectivity index (χ3n) is 3.99. The Labute approximate surface area is 120 Å². The first-order chi connectivity index (χ1) is 9.70. The molecular weight excluding hydrogens is 244 g/mol. The van der Waals surface area contributed by atoms with E-state index in [0.29, 0.717) is 0 Å². The van der Waals surface area contributed by atoms with Crippen molar-refractivity contribution in [3.8, 4) is 6.07 Å². The molecule has 2 heteroatoms. The van der Waals surface area contributed by atoms with E-state index in [9.17, 15) is 5.26 Å². The van der Waals surface area contributed by atoms with E-state index < -0.39 is 5.41 Å². The Kier molecular flexibility index (Phi) is 3.20. The fourth-order valence-electron chi connectivity index (χ4n) is 2.73. The SMILES string of the molecule is CC1(C#N)C=CC=C(CN2CCc3ccccc32)C=C1. The lowest BCUT2D eigenvalue weighted by molar-refractivity contribution is 0.736. The molecule has 0 radical (unpaired) electrons. The van der Waals surface area contributed by atoms with Crippen LogP contribution in [0.1, 0.15) is 12.5 Å². The quantitative estimate of drug-likeness (QED) is 0.813. The predicted octanol–water partition coefficient (Wildman–Crippen LogP) is 3.63. The minimum absolute atomic E-state index is 0.485. The van der Waals surface area contributed by atoms with E-state index in [1.165, 1.54) is 16.8 Å². The molecule has 20 heavy (non-hydrogen) atoms. The van der Waals surface area contributed by atoms with Crippen molar-refractivity contribution in [2.45, 2.75) is 13.3 Å². The van der Waals surface area contributed by atoms with Gasteiger partial charge in [0.1, 0.15) is 0 Å². The second-order valence-corrected chi connectivity index (χ2v) is 5.63. The highest BCUT2D eigenvalue weighted by molar-refractivity contribution is 5.59. The maximum absolute atomic E-state index is 9.19. The normalized spacial score (nSPS) is 24.0. The molecule has 0 bridgehead atoms. The minimum Gasteiger partial charge on any atom is -0.367 e. The van der Waals surface area contributed by atoms with Crippen LogP contribution in [-0.2, 0) is 6.42 Å². The van der Waals surface area contributed by atoms with Crippen LogP contribution in [0.5, 0.6) is 0 Å². The third-order valence-corrected chi connectivity index (χ3v) is 3.99. The van der Waals surface area contributed by atoms with Crippen LogP contribution >= 0.6 is 0 Å². The summed E-state index contributed by atoms with van der Waals surface area (Å²) >= 11 is 0. The third kappa shape index (κ3) is 2.40. The number of hydrogen-bond donors (Lipinski definition) is 0. The average molecular weight is 262 g/mol. The molecule has 2 nitrogen and oxygen atoms in total. The van der Waals surface area contributed by atoms with E-state index in [-0.39, 0.29) is 0 Å². The van der Waals surface area contributed by atoms with Crippen molar-refractivity contribution in [3.05, 3.63) is 65.8 Å². The van der Waals surface area contributed by atoms with Gasteiger partial charge < -0.3 is 4.90 Å². The molecule has 0 aromatic heterocycles. The molecule has 1 unspecified atom stereocenters. The molecule has 100 valence electrons. The largest absolute Gasteiger partial charge is 0.367 e. The van der Waals surface area contributed by atoms with Crippen LogP contribution in [0.25, 0.3) is 0 Å². The Morgan fingerprint density at radius 1 is 1.30 bits per heavy atom. The van der Waals surface area contributed by atoms with E-state index in [1.807, 2.05) is 25.2 Å². The summed E-state index contributed by atoms with van der Waals surface area (Å²) in [6, 6.07) is 10.9. The Bertz CT molecular complexity index is 646. The van der Waals surface area contributed by atoms with E-state index in [1.54, 1.807) is 0 Å². The van der Waals surface area contributed by atoms with Crippen LogP contribution in [-0.4, -0.2) is 13.1 Å². The molecular formula is C18H18N2. The van der Waals surface area contributed by atoms with Crippen molar-refractivity contribution in [2.75, 3.05) is 18.0 Å². The number of nitrogens with zero attached hydrogens (tertiary/aromatic N) is 2. The van der Waals surface area contributed by atoms with Crippen molar-refractivity contribution in [1.82, 2.24) is 0 Å². The zero-order valence-electron chi connectivity index (χ0n) is 11.7. The van der Waals surface area contributed by atoms with Gasteiger partial charge in [0.05, 0.1) is 11.5 Å². The van der Waals surface area contributed by atoms with Gasteiger partial charge >= 0.3 is 0 Å². The van der Waals surface area contributed by atoms with Crippen molar-refractivity contribution in [1.29, 1.82) is 5.26 Å². The van der Waals surface area contributed by atoms with Gasteiger partial charge in [-0.15, -0.1) is 0 Å². The lowest BCUT2D eigenvalue weighted by atomic mass is 9.92. The van der Waals surface area contributed by atoms with Crippen molar-refractivity contribution >= 4 is 5.69 Å². The fourth-order valence-corrected chi connectivity index (χ4v) is 2.73. The topological polar surface area (TPSA) is 27.0 Å². The summed E-state index contributed by atoms with van der Waals surface area (Å²) in [6.07, 6.45) is 11.3. The Balaban J connectivity index is 1.78. The number of allylic oxidation sites excluding steroid dienone is 4. The molecule has 1 aromatic rings. The van der Waals surface area contributed by atoms with Gasteiger partial charge in [-0.3, -0.25) is 0 Å². The first-order valence-electron chi connectivity index (χ1n) is 7.02. The van der Waals surface area contributed by atoms with Crippen LogP contribution in [0.2, 0.25) is 0 Å². The van der Waals surface area contributed by atoms with Crippen molar-refractivity contribution < 1.29 is 0 Å². The molecule has 2 aliphatic rings. The first kappa shape index (κ1) is 12.7. The second-order valence-electron chi connectivity index (χ2n) is 5.63. The number of nitriles is 1. The van der Waals surface area contributed by atoms with E-state index in [4.69, 9.17) is 0 Å². The highest BCUT2D eigenvalue weighted by atomic mass is 15.1. The van der Waals surface area contributed by atoms with Crippen LogP contribution in [0, 0.1) is 16.7 Å². The maximum atomic E-state index is 9.19. The summed E-state index contributed by atoms with van der Waals surface area (Å²) in [5.41, 5.74) is 3.54. The van der Waals surface area contributed by atoms with E-state index in [0.717, 1.165) is 19.5 Å². The van der Waals surface area contributed by atoms with Gasteiger partial charge in [-0.25, -0.2) is 0 Å².